The van der Waals surface area contributed by atoms with Crippen molar-refractivity contribution < 1.29 is 9.18 Å². The zero-order valence-corrected chi connectivity index (χ0v) is 19.4. The Hall–Kier alpha value is -2.77. The third kappa shape index (κ3) is 4.39. The summed E-state index contributed by atoms with van der Waals surface area (Å²) < 4.78 is 16.3. The molecule has 0 aliphatic carbocycles. The van der Waals surface area contributed by atoms with Crippen LogP contribution in [0.5, 0.6) is 0 Å². The number of carbonyl (C=O) groups is 1. The summed E-state index contributed by atoms with van der Waals surface area (Å²) in [7, 11) is 0. The van der Waals surface area contributed by atoms with E-state index in [0.717, 1.165) is 48.8 Å². The summed E-state index contributed by atoms with van der Waals surface area (Å²) in [4.78, 5) is 14.8. The smallest absolute Gasteiger partial charge is 0.239 e. The number of halogens is 2. The van der Waals surface area contributed by atoms with Gasteiger partial charge in [0, 0.05) is 23.7 Å². The van der Waals surface area contributed by atoms with Crippen molar-refractivity contribution in [3.8, 4) is 0 Å². The summed E-state index contributed by atoms with van der Waals surface area (Å²) in [6.07, 6.45) is 6.12. The summed E-state index contributed by atoms with van der Waals surface area (Å²) in [6, 6.07) is 10.4. The van der Waals surface area contributed by atoms with Crippen LogP contribution in [0.4, 0.5) is 4.39 Å². The molecule has 6 nitrogen and oxygen atoms in total. The number of nitrogens with zero attached hydrogens (tertiary/aromatic N) is 4. The van der Waals surface area contributed by atoms with Crippen molar-refractivity contribution in [3.63, 3.8) is 0 Å². The largest absolute Gasteiger partial charge is 0.337 e. The van der Waals surface area contributed by atoms with Crippen LogP contribution in [0.3, 0.4) is 0 Å². The SMILES string of the molecule is C[C@H](c1ccc(Cl)cc1F)n1nnc2ccc(C3=CCN(C(=O)[C@H]4CCCCN4)CC3)cc21. The van der Waals surface area contributed by atoms with Gasteiger partial charge in [0.25, 0.3) is 0 Å². The van der Waals surface area contributed by atoms with Crippen molar-refractivity contribution in [1.29, 1.82) is 0 Å². The molecule has 2 atom stereocenters. The minimum absolute atomic E-state index is 0.0415. The molecule has 0 unspecified atom stereocenters. The van der Waals surface area contributed by atoms with Crippen LogP contribution in [0.15, 0.2) is 42.5 Å². The second-order valence-electron chi connectivity index (χ2n) is 8.85. The van der Waals surface area contributed by atoms with Gasteiger partial charge in [-0.05, 0) is 68.1 Å². The number of carbonyl (C=O) groups excluding carboxylic acids is 1. The van der Waals surface area contributed by atoms with Crippen LogP contribution < -0.4 is 5.32 Å². The number of hydrogen-bond donors (Lipinski definition) is 1. The van der Waals surface area contributed by atoms with Crippen LogP contribution in [0, 0.1) is 5.82 Å². The predicted molar refractivity (Wildman–Crippen MR) is 128 cm³/mol. The topological polar surface area (TPSA) is 63.1 Å². The van der Waals surface area contributed by atoms with Gasteiger partial charge in [0.05, 0.1) is 17.6 Å². The molecule has 3 aromatic rings. The predicted octanol–water partition coefficient (Wildman–Crippen LogP) is 4.59. The zero-order valence-electron chi connectivity index (χ0n) is 18.6. The molecule has 0 spiro atoms. The van der Waals surface area contributed by atoms with E-state index in [4.69, 9.17) is 11.6 Å². The molecule has 8 heteroatoms. The highest BCUT2D eigenvalue weighted by Gasteiger charge is 2.27. The number of nitrogens with one attached hydrogen (secondary N) is 1. The van der Waals surface area contributed by atoms with Gasteiger partial charge in [-0.15, -0.1) is 5.10 Å². The van der Waals surface area contributed by atoms with E-state index < -0.39 is 0 Å². The minimum atomic E-state index is -0.359. The van der Waals surface area contributed by atoms with E-state index in [1.54, 1.807) is 16.8 Å². The Balaban J connectivity index is 1.37. The quantitative estimate of drug-likeness (QED) is 0.609. The normalized spacial score (nSPS) is 20.0. The highest BCUT2D eigenvalue weighted by molar-refractivity contribution is 6.30. The van der Waals surface area contributed by atoms with E-state index in [2.05, 4.69) is 27.8 Å². The highest BCUT2D eigenvalue weighted by atomic mass is 35.5. The third-order valence-corrected chi connectivity index (χ3v) is 6.99. The molecule has 5 rings (SSSR count). The molecule has 3 heterocycles. The van der Waals surface area contributed by atoms with Crippen LogP contribution in [-0.2, 0) is 4.79 Å². The van der Waals surface area contributed by atoms with Crippen molar-refractivity contribution in [1.82, 2.24) is 25.2 Å². The lowest BCUT2D eigenvalue weighted by Gasteiger charge is -2.32. The molecule has 33 heavy (non-hydrogen) atoms. The van der Waals surface area contributed by atoms with Gasteiger partial charge in [-0.2, -0.15) is 0 Å². The average Bonchev–Trinajstić information content (AvgIpc) is 3.27. The monoisotopic (exact) mass is 467 g/mol. The van der Waals surface area contributed by atoms with Crippen LogP contribution in [0.25, 0.3) is 16.6 Å². The molecule has 1 fully saturated rings. The Kier molecular flexibility index (Phi) is 6.17. The van der Waals surface area contributed by atoms with Gasteiger partial charge in [-0.1, -0.05) is 41.4 Å². The summed E-state index contributed by atoms with van der Waals surface area (Å²) in [5, 5.41) is 12.3. The Morgan fingerprint density at radius 1 is 1.24 bits per heavy atom. The number of aromatic nitrogens is 3. The standard InChI is InChI=1S/C25H27ClFN5O/c1-16(20-7-6-19(26)15-21(20)27)32-24-14-18(5-8-22(24)29-30-32)17-9-12-31(13-10-17)25(33)23-4-2-3-11-28-23/h5-9,14-16,23,28H,2-4,10-13H2,1H3/t16-,23-/m1/s1. The van der Waals surface area contributed by atoms with Gasteiger partial charge in [-0.25, -0.2) is 9.07 Å². The summed E-state index contributed by atoms with van der Waals surface area (Å²) >= 11 is 5.91. The van der Waals surface area contributed by atoms with E-state index >= 15 is 0 Å². The maximum Gasteiger partial charge on any atom is 0.239 e. The maximum atomic E-state index is 14.5. The third-order valence-electron chi connectivity index (χ3n) is 6.75. The molecule has 0 saturated carbocycles. The van der Waals surface area contributed by atoms with E-state index in [1.807, 2.05) is 24.0 Å². The van der Waals surface area contributed by atoms with E-state index in [0.29, 0.717) is 23.7 Å². The number of piperidine rings is 1. The van der Waals surface area contributed by atoms with Crippen molar-refractivity contribution in [2.24, 2.45) is 0 Å². The molecule has 1 N–H and O–H groups in total. The van der Waals surface area contributed by atoms with Crippen LogP contribution in [-0.4, -0.2) is 51.5 Å². The van der Waals surface area contributed by atoms with Gasteiger partial charge in [0.2, 0.25) is 5.91 Å². The first-order chi connectivity index (χ1) is 16.0. The summed E-state index contributed by atoms with van der Waals surface area (Å²) in [5.41, 5.74) is 4.41. The molecule has 2 aliphatic heterocycles. The molecular formula is C25H27ClFN5O. The van der Waals surface area contributed by atoms with Crippen molar-refractivity contribution in [2.75, 3.05) is 19.6 Å². The number of hydrogen-bond acceptors (Lipinski definition) is 4. The van der Waals surface area contributed by atoms with Crippen LogP contribution >= 0.6 is 11.6 Å². The molecule has 0 bridgehead atoms. The number of amides is 1. The van der Waals surface area contributed by atoms with E-state index in [-0.39, 0.29) is 23.8 Å². The molecular weight excluding hydrogens is 441 g/mol. The fraction of sp³-hybridized carbons (Fsp3) is 0.400. The lowest BCUT2D eigenvalue weighted by atomic mass is 9.97. The Bertz CT molecular complexity index is 1220. The molecule has 1 aromatic heterocycles. The van der Waals surface area contributed by atoms with Gasteiger partial charge in [0.15, 0.2) is 0 Å². The van der Waals surface area contributed by atoms with E-state index in [1.165, 1.54) is 11.6 Å². The molecule has 1 amide bonds. The number of rotatable bonds is 4. The molecule has 2 aromatic carbocycles. The maximum absolute atomic E-state index is 14.5. The molecule has 1 saturated heterocycles. The zero-order chi connectivity index (χ0) is 22.9. The fourth-order valence-electron chi connectivity index (χ4n) is 4.81. The highest BCUT2D eigenvalue weighted by Crippen LogP contribution is 2.29. The first kappa shape index (κ1) is 22.0. The van der Waals surface area contributed by atoms with Crippen molar-refractivity contribution >= 4 is 34.1 Å². The van der Waals surface area contributed by atoms with Gasteiger partial charge >= 0.3 is 0 Å². The minimum Gasteiger partial charge on any atom is -0.337 e. The Labute approximate surface area is 197 Å². The molecule has 0 radical (unpaired) electrons. The second-order valence-corrected chi connectivity index (χ2v) is 9.28. The summed E-state index contributed by atoms with van der Waals surface area (Å²) in [6.45, 7) is 4.15. The number of benzene rings is 2. The fourth-order valence-corrected chi connectivity index (χ4v) is 4.97. The lowest BCUT2D eigenvalue weighted by Crippen LogP contribution is -2.49. The van der Waals surface area contributed by atoms with E-state index in [9.17, 15) is 9.18 Å². The van der Waals surface area contributed by atoms with Gasteiger partial charge in [-0.3, -0.25) is 4.79 Å². The molecule has 2 aliphatic rings. The van der Waals surface area contributed by atoms with Crippen molar-refractivity contribution in [3.05, 3.63) is 64.4 Å². The van der Waals surface area contributed by atoms with Crippen molar-refractivity contribution in [2.45, 2.75) is 44.7 Å². The Morgan fingerprint density at radius 3 is 2.85 bits per heavy atom. The van der Waals surface area contributed by atoms with Crippen LogP contribution in [0.2, 0.25) is 5.02 Å². The van der Waals surface area contributed by atoms with Gasteiger partial charge in [0.1, 0.15) is 11.3 Å². The number of fused-ring (bicyclic) bond motifs is 1. The average molecular weight is 468 g/mol. The first-order valence-corrected chi connectivity index (χ1v) is 11.9. The van der Waals surface area contributed by atoms with Gasteiger partial charge < -0.3 is 10.2 Å². The summed E-state index contributed by atoms with van der Waals surface area (Å²) in [5.74, 6) is -0.149. The first-order valence-electron chi connectivity index (χ1n) is 11.5. The molecule has 172 valence electrons. The second kappa shape index (κ2) is 9.23. The lowest BCUT2D eigenvalue weighted by molar-refractivity contribution is -0.133. The Morgan fingerprint density at radius 2 is 2.12 bits per heavy atom. The van der Waals surface area contributed by atoms with Crippen LogP contribution in [0.1, 0.15) is 49.8 Å².